The summed E-state index contributed by atoms with van der Waals surface area (Å²) >= 11 is 0. The molecule has 21 heavy (non-hydrogen) atoms. The maximum atomic E-state index is 4.64. The lowest BCUT2D eigenvalue weighted by molar-refractivity contribution is 0.483. The monoisotopic (exact) mass is 292 g/mol. The fourth-order valence-electron chi connectivity index (χ4n) is 2.33. The zero-order valence-corrected chi connectivity index (χ0v) is 14.4. The van der Waals surface area contributed by atoms with Gasteiger partial charge in [-0.05, 0) is 32.1 Å². The number of hydrogen-bond donors (Lipinski definition) is 2. The molecular formula is C17H32N4. The van der Waals surface area contributed by atoms with Crippen molar-refractivity contribution in [1.82, 2.24) is 9.97 Å². The second kappa shape index (κ2) is 9.59. The molecule has 120 valence electrons. The van der Waals surface area contributed by atoms with Crippen LogP contribution in [0.2, 0.25) is 0 Å². The summed E-state index contributed by atoms with van der Waals surface area (Å²) in [6.07, 6.45) is 5.48. The zero-order chi connectivity index (χ0) is 15.7. The maximum absolute atomic E-state index is 4.64. The van der Waals surface area contributed by atoms with Gasteiger partial charge in [-0.3, -0.25) is 0 Å². The normalized spacial score (nSPS) is 13.8. The molecule has 0 aromatic carbocycles. The number of aromatic nitrogens is 2. The Morgan fingerprint density at radius 2 is 1.76 bits per heavy atom. The number of rotatable bonds is 10. The largest absolute Gasteiger partial charge is 0.370 e. The van der Waals surface area contributed by atoms with Gasteiger partial charge in [0.05, 0.1) is 0 Å². The van der Waals surface area contributed by atoms with Crippen molar-refractivity contribution in [2.24, 2.45) is 5.92 Å². The molecule has 0 aliphatic rings. The minimum atomic E-state index is 0.434. The van der Waals surface area contributed by atoms with Gasteiger partial charge in [0.2, 0.25) is 0 Å². The van der Waals surface area contributed by atoms with Gasteiger partial charge in [-0.1, -0.05) is 34.1 Å². The van der Waals surface area contributed by atoms with Crippen molar-refractivity contribution >= 4 is 11.6 Å². The average molecular weight is 292 g/mol. The molecule has 4 heteroatoms. The number of hydrogen-bond acceptors (Lipinski definition) is 4. The van der Waals surface area contributed by atoms with Crippen LogP contribution < -0.4 is 10.6 Å². The first kappa shape index (κ1) is 17.7. The lowest BCUT2D eigenvalue weighted by Crippen LogP contribution is -2.20. The van der Waals surface area contributed by atoms with Crippen LogP contribution in [0.5, 0.6) is 0 Å². The minimum Gasteiger partial charge on any atom is -0.370 e. The van der Waals surface area contributed by atoms with Gasteiger partial charge in [-0.2, -0.15) is 0 Å². The molecule has 2 unspecified atom stereocenters. The molecule has 2 atom stereocenters. The predicted molar refractivity (Wildman–Crippen MR) is 92.0 cm³/mol. The van der Waals surface area contributed by atoms with Crippen molar-refractivity contribution < 1.29 is 0 Å². The fourth-order valence-corrected chi connectivity index (χ4v) is 2.33. The van der Waals surface area contributed by atoms with Crippen molar-refractivity contribution in [3.63, 3.8) is 0 Å². The van der Waals surface area contributed by atoms with E-state index in [0.29, 0.717) is 6.04 Å². The van der Waals surface area contributed by atoms with Crippen molar-refractivity contribution in [3.8, 4) is 0 Å². The molecule has 0 aliphatic carbocycles. The zero-order valence-electron chi connectivity index (χ0n) is 14.4. The van der Waals surface area contributed by atoms with Crippen molar-refractivity contribution in [2.75, 3.05) is 17.2 Å². The quantitative estimate of drug-likeness (QED) is 0.667. The van der Waals surface area contributed by atoms with Gasteiger partial charge in [0.15, 0.2) is 0 Å². The molecule has 0 aliphatic heterocycles. The highest BCUT2D eigenvalue weighted by Gasteiger charge is 2.10. The first-order chi connectivity index (χ1) is 10.1. The second-order valence-electron chi connectivity index (χ2n) is 6.03. The van der Waals surface area contributed by atoms with Crippen molar-refractivity contribution in [1.29, 1.82) is 0 Å². The first-order valence-electron chi connectivity index (χ1n) is 8.47. The van der Waals surface area contributed by atoms with Gasteiger partial charge in [0.1, 0.15) is 17.5 Å². The van der Waals surface area contributed by atoms with Gasteiger partial charge >= 0.3 is 0 Å². The first-order valence-corrected chi connectivity index (χ1v) is 8.47. The Kier molecular flexibility index (Phi) is 8.09. The van der Waals surface area contributed by atoms with Crippen LogP contribution in [-0.4, -0.2) is 22.6 Å². The number of nitrogens with zero attached hydrogens (tertiary/aromatic N) is 2. The van der Waals surface area contributed by atoms with Gasteiger partial charge in [-0.15, -0.1) is 0 Å². The molecule has 0 radical (unpaired) electrons. The standard InChI is InChI=1S/C17H32N4/c1-6-9-15-20-16(18-10-7-2)12-17(21-15)19-14(5)11-13(4)8-3/h12-14H,6-11H2,1-5H3,(H2,18,19,20,21). The van der Waals surface area contributed by atoms with E-state index in [9.17, 15) is 0 Å². The summed E-state index contributed by atoms with van der Waals surface area (Å²) in [5.74, 6) is 3.55. The van der Waals surface area contributed by atoms with E-state index in [4.69, 9.17) is 0 Å². The predicted octanol–water partition coefficient (Wildman–Crippen LogP) is 4.49. The Labute approximate surface area is 130 Å². The van der Waals surface area contributed by atoms with E-state index in [1.807, 2.05) is 6.07 Å². The SMILES string of the molecule is CCCNc1cc(NC(C)CC(C)CC)nc(CCC)n1. The molecule has 0 saturated heterocycles. The summed E-state index contributed by atoms with van der Waals surface area (Å²) < 4.78 is 0. The van der Waals surface area contributed by atoms with Crippen LogP contribution in [0.4, 0.5) is 11.6 Å². The van der Waals surface area contributed by atoms with Crippen LogP contribution >= 0.6 is 0 Å². The third-order valence-corrected chi connectivity index (χ3v) is 3.65. The highest BCUT2D eigenvalue weighted by atomic mass is 15.1. The number of aryl methyl sites for hydroxylation is 1. The average Bonchev–Trinajstić information content (AvgIpc) is 2.45. The van der Waals surface area contributed by atoms with Crippen LogP contribution in [0.1, 0.15) is 66.1 Å². The van der Waals surface area contributed by atoms with Gasteiger partial charge < -0.3 is 10.6 Å². The molecule has 1 aromatic heterocycles. The van der Waals surface area contributed by atoms with Crippen molar-refractivity contribution in [2.45, 2.75) is 72.8 Å². The Hall–Kier alpha value is -1.32. The highest BCUT2D eigenvalue weighted by Crippen LogP contribution is 2.17. The summed E-state index contributed by atoms with van der Waals surface area (Å²) in [5, 5.41) is 6.90. The third kappa shape index (κ3) is 6.78. The lowest BCUT2D eigenvalue weighted by atomic mass is 10.0. The Morgan fingerprint density at radius 3 is 2.38 bits per heavy atom. The third-order valence-electron chi connectivity index (χ3n) is 3.65. The number of anilines is 2. The number of nitrogens with one attached hydrogen (secondary N) is 2. The van der Waals surface area contributed by atoms with E-state index >= 15 is 0 Å². The summed E-state index contributed by atoms with van der Waals surface area (Å²) in [6.45, 7) is 12.0. The minimum absolute atomic E-state index is 0.434. The topological polar surface area (TPSA) is 49.8 Å². The van der Waals surface area contributed by atoms with Crippen molar-refractivity contribution in [3.05, 3.63) is 11.9 Å². The molecule has 1 aromatic rings. The van der Waals surface area contributed by atoms with E-state index in [1.165, 1.54) is 12.8 Å². The molecule has 0 spiro atoms. The van der Waals surface area contributed by atoms with Crippen LogP contribution in [0.25, 0.3) is 0 Å². The van der Waals surface area contributed by atoms with Crippen LogP contribution in [0.15, 0.2) is 6.07 Å². The molecule has 1 heterocycles. The fraction of sp³-hybridized carbons (Fsp3) is 0.765. The smallest absolute Gasteiger partial charge is 0.133 e. The maximum Gasteiger partial charge on any atom is 0.133 e. The van der Waals surface area contributed by atoms with Crippen LogP contribution in [-0.2, 0) is 6.42 Å². The van der Waals surface area contributed by atoms with Crippen LogP contribution in [0.3, 0.4) is 0 Å². The molecule has 1 rings (SSSR count). The molecule has 0 amide bonds. The molecule has 4 nitrogen and oxygen atoms in total. The summed E-state index contributed by atoms with van der Waals surface area (Å²) in [4.78, 5) is 9.22. The van der Waals surface area contributed by atoms with E-state index in [-0.39, 0.29) is 0 Å². The van der Waals surface area contributed by atoms with E-state index in [1.54, 1.807) is 0 Å². The van der Waals surface area contributed by atoms with Gasteiger partial charge in [0, 0.05) is 25.1 Å². The summed E-state index contributed by atoms with van der Waals surface area (Å²) in [7, 11) is 0. The van der Waals surface area contributed by atoms with Crippen LogP contribution in [0, 0.1) is 5.92 Å². The Bertz CT molecular complexity index is 406. The lowest BCUT2D eigenvalue weighted by Gasteiger charge is -2.19. The van der Waals surface area contributed by atoms with Gasteiger partial charge in [0.25, 0.3) is 0 Å². The molecule has 0 bridgehead atoms. The molecule has 2 N–H and O–H groups in total. The Morgan fingerprint density at radius 1 is 1.05 bits per heavy atom. The Balaban J connectivity index is 2.76. The van der Waals surface area contributed by atoms with E-state index in [2.05, 4.69) is 55.2 Å². The molecule has 0 saturated carbocycles. The second-order valence-corrected chi connectivity index (χ2v) is 6.03. The van der Waals surface area contributed by atoms with Gasteiger partial charge in [-0.25, -0.2) is 9.97 Å². The molecular weight excluding hydrogens is 260 g/mol. The van der Waals surface area contributed by atoms with E-state index < -0.39 is 0 Å². The molecule has 0 fully saturated rings. The summed E-state index contributed by atoms with van der Waals surface area (Å²) in [5.41, 5.74) is 0. The summed E-state index contributed by atoms with van der Waals surface area (Å²) in [6, 6.07) is 2.46. The van der Waals surface area contributed by atoms with E-state index in [0.717, 1.165) is 49.2 Å². The highest BCUT2D eigenvalue weighted by molar-refractivity contribution is 5.48.